The van der Waals surface area contributed by atoms with Gasteiger partial charge in [0.1, 0.15) is 6.10 Å². The number of nitrogens with zero attached hydrogens (tertiary/aromatic N) is 1. The lowest BCUT2D eigenvalue weighted by Crippen LogP contribution is -2.20. The minimum Gasteiger partial charge on any atom is -0.301 e. The van der Waals surface area contributed by atoms with E-state index in [0.29, 0.717) is 0 Å². The molecule has 0 aromatic carbocycles. The highest BCUT2D eigenvalue weighted by atomic mass is 16.3. The first kappa shape index (κ1) is 6.05. The molecule has 0 bridgehead atoms. The molecule has 0 N–H and O–H groups in total. The maximum atomic E-state index is 10.7. The predicted molar refractivity (Wildman–Crippen MR) is 31.2 cm³/mol. The van der Waals surface area contributed by atoms with Crippen molar-refractivity contribution in [3.63, 3.8) is 0 Å². The maximum Gasteiger partial charge on any atom is 0.107 e. The van der Waals surface area contributed by atoms with Gasteiger partial charge in [-0.3, -0.25) is 0 Å². The van der Waals surface area contributed by atoms with E-state index in [1.165, 1.54) is 0 Å². The molecule has 2 heteroatoms. The highest BCUT2D eigenvalue weighted by molar-refractivity contribution is 4.72. The SMILES string of the molecule is CCN1CCC([O])C1. The Bertz CT molecular complexity index is 74.9. The van der Waals surface area contributed by atoms with Crippen molar-refractivity contribution in [3.8, 4) is 0 Å². The van der Waals surface area contributed by atoms with Crippen molar-refractivity contribution in [3.05, 3.63) is 0 Å². The fourth-order valence-electron chi connectivity index (χ4n) is 1.08. The van der Waals surface area contributed by atoms with Crippen molar-refractivity contribution < 1.29 is 5.11 Å². The Morgan fingerprint density at radius 2 is 2.50 bits per heavy atom. The van der Waals surface area contributed by atoms with Gasteiger partial charge in [-0.2, -0.15) is 0 Å². The lowest BCUT2D eigenvalue weighted by atomic mass is 10.3. The number of hydrogen-bond acceptors (Lipinski definition) is 1. The van der Waals surface area contributed by atoms with Crippen molar-refractivity contribution in [1.82, 2.24) is 4.90 Å². The average Bonchev–Trinajstić information content (AvgIpc) is 2.14. The van der Waals surface area contributed by atoms with Crippen LogP contribution in [0, 0.1) is 0 Å². The second kappa shape index (κ2) is 2.46. The van der Waals surface area contributed by atoms with Gasteiger partial charge in [0.05, 0.1) is 0 Å². The normalized spacial score (nSPS) is 31.5. The second-order valence-corrected chi connectivity index (χ2v) is 2.30. The zero-order valence-corrected chi connectivity index (χ0v) is 5.26. The van der Waals surface area contributed by atoms with Crippen LogP contribution in [0.5, 0.6) is 0 Å². The van der Waals surface area contributed by atoms with Crippen LogP contribution in [0.3, 0.4) is 0 Å². The summed E-state index contributed by atoms with van der Waals surface area (Å²) in [5.74, 6) is 0. The lowest BCUT2D eigenvalue weighted by molar-refractivity contribution is 0.0958. The van der Waals surface area contributed by atoms with Crippen molar-refractivity contribution in [1.29, 1.82) is 0 Å². The van der Waals surface area contributed by atoms with Crippen molar-refractivity contribution in [2.24, 2.45) is 0 Å². The molecule has 47 valence electrons. The highest BCUT2D eigenvalue weighted by Gasteiger charge is 2.18. The molecule has 8 heavy (non-hydrogen) atoms. The zero-order chi connectivity index (χ0) is 5.98. The summed E-state index contributed by atoms with van der Waals surface area (Å²) < 4.78 is 0. The molecule has 2 nitrogen and oxygen atoms in total. The van der Waals surface area contributed by atoms with Gasteiger partial charge in [-0.05, 0) is 13.0 Å². The molecule has 1 atom stereocenters. The smallest absolute Gasteiger partial charge is 0.107 e. The Labute approximate surface area is 50.1 Å². The van der Waals surface area contributed by atoms with Crippen LogP contribution in [0.15, 0.2) is 0 Å². The summed E-state index contributed by atoms with van der Waals surface area (Å²) >= 11 is 0. The minimum atomic E-state index is -0.296. The molecule has 0 aliphatic carbocycles. The van der Waals surface area contributed by atoms with E-state index >= 15 is 0 Å². The summed E-state index contributed by atoms with van der Waals surface area (Å²) in [7, 11) is 0. The molecule has 1 aliphatic heterocycles. The van der Waals surface area contributed by atoms with Gasteiger partial charge in [0.25, 0.3) is 0 Å². The van der Waals surface area contributed by atoms with Gasteiger partial charge in [0.2, 0.25) is 0 Å². The van der Waals surface area contributed by atoms with E-state index in [-0.39, 0.29) is 6.10 Å². The molecule has 1 radical (unpaired) electrons. The topological polar surface area (TPSA) is 23.1 Å². The largest absolute Gasteiger partial charge is 0.301 e. The molecule has 1 saturated heterocycles. The summed E-state index contributed by atoms with van der Waals surface area (Å²) in [6.07, 6.45) is 0.559. The Balaban J connectivity index is 2.22. The van der Waals surface area contributed by atoms with Crippen LogP contribution >= 0.6 is 0 Å². The van der Waals surface area contributed by atoms with Gasteiger partial charge >= 0.3 is 0 Å². The summed E-state index contributed by atoms with van der Waals surface area (Å²) in [6, 6.07) is 0. The molecule has 0 saturated carbocycles. The molecule has 1 unspecified atom stereocenters. The van der Waals surface area contributed by atoms with Crippen LogP contribution in [0.25, 0.3) is 0 Å². The molecule has 1 rings (SSSR count). The van der Waals surface area contributed by atoms with E-state index in [1.807, 2.05) is 0 Å². The Morgan fingerprint density at radius 1 is 1.75 bits per heavy atom. The monoisotopic (exact) mass is 114 g/mol. The number of likely N-dealkylation sites (N-methyl/N-ethyl adjacent to an activating group) is 1. The van der Waals surface area contributed by atoms with Crippen molar-refractivity contribution >= 4 is 0 Å². The first-order valence-corrected chi connectivity index (χ1v) is 3.21. The molecule has 0 amide bonds. The minimum absolute atomic E-state index is 0.296. The quantitative estimate of drug-likeness (QED) is 0.487. The molecule has 1 aliphatic rings. The van der Waals surface area contributed by atoms with Gasteiger partial charge in [-0.25, -0.2) is 5.11 Å². The third kappa shape index (κ3) is 1.20. The third-order valence-electron chi connectivity index (χ3n) is 1.68. The summed E-state index contributed by atoms with van der Waals surface area (Å²) in [5, 5.41) is 10.7. The molecule has 1 fully saturated rings. The van der Waals surface area contributed by atoms with E-state index < -0.39 is 0 Å². The van der Waals surface area contributed by atoms with Crippen LogP contribution in [0.1, 0.15) is 13.3 Å². The number of rotatable bonds is 1. The third-order valence-corrected chi connectivity index (χ3v) is 1.68. The Hall–Kier alpha value is -0.0800. The van der Waals surface area contributed by atoms with Gasteiger partial charge < -0.3 is 4.90 Å². The van der Waals surface area contributed by atoms with Gasteiger partial charge in [0.15, 0.2) is 0 Å². The van der Waals surface area contributed by atoms with Crippen LogP contribution in [0.2, 0.25) is 0 Å². The van der Waals surface area contributed by atoms with Crippen LogP contribution in [-0.2, 0) is 5.11 Å². The highest BCUT2D eigenvalue weighted by Crippen LogP contribution is 2.07. The summed E-state index contributed by atoms with van der Waals surface area (Å²) in [5.41, 5.74) is 0. The first-order valence-electron chi connectivity index (χ1n) is 3.21. The predicted octanol–water partition coefficient (Wildman–Crippen LogP) is 0.511. The number of likely N-dealkylation sites (tertiary alicyclic amines) is 1. The summed E-state index contributed by atoms with van der Waals surface area (Å²) in [6.45, 7) is 4.93. The van der Waals surface area contributed by atoms with Crippen LogP contribution < -0.4 is 0 Å². The molecule has 0 aromatic heterocycles. The standard InChI is InChI=1S/C6H12NO/c1-2-7-4-3-6(8)5-7/h6H,2-5H2,1H3. The molecular formula is C6H12NO. The van der Waals surface area contributed by atoms with Crippen molar-refractivity contribution in [2.45, 2.75) is 19.4 Å². The fraction of sp³-hybridized carbons (Fsp3) is 1.00. The van der Waals surface area contributed by atoms with E-state index in [2.05, 4.69) is 11.8 Å². The average molecular weight is 114 g/mol. The van der Waals surface area contributed by atoms with Gasteiger partial charge in [-0.1, -0.05) is 6.92 Å². The van der Waals surface area contributed by atoms with Crippen molar-refractivity contribution in [2.75, 3.05) is 19.6 Å². The van der Waals surface area contributed by atoms with Crippen LogP contribution in [0.4, 0.5) is 0 Å². The van der Waals surface area contributed by atoms with E-state index in [4.69, 9.17) is 0 Å². The molecule has 0 aromatic rings. The second-order valence-electron chi connectivity index (χ2n) is 2.30. The zero-order valence-electron chi connectivity index (χ0n) is 5.26. The lowest BCUT2D eigenvalue weighted by Gasteiger charge is -2.08. The molecule has 1 heterocycles. The van der Waals surface area contributed by atoms with Crippen LogP contribution in [-0.4, -0.2) is 30.6 Å². The molecular weight excluding hydrogens is 102 g/mol. The van der Waals surface area contributed by atoms with Gasteiger partial charge in [-0.15, -0.1) is 0 Å². The van der Waals surface area contributed by atoms with Gasteiger partial charge in [0, 0.05) is 13.1 Å². The van der Waals surface area contributed by atoms with E-state index in [1.54, 1.807) is 0 Å². The fourth-order valence-corrected chi connectivity index (χ4v) is 1.08. The van der Waals surface area contributed by atoms with E-state index in [9.17, 15) is 5.11 Å². The first-order chi connectivity index (χ1) is 3.83. The molecule has 0 spiro atoms. The summed E-state index contributed by atoms with van der Waals surface area (Å²) in [4.78, 5) is 2.19. The number of hydrogen-bond donors (Lipinski definition) is 0. The maximum absolute atomic E-state index is 10.7. The Kier molecular flexibility index (Phi) is 1.86. The van der Waals surface area contributed by atoms with E-state index in [0.717, 1.165) is 26.1 Å². The Morgan fingerprint density at radius 3 is 2.75 bits per heavy atom.